The van der Waals surface area contributed by atoms with Crippen LogP contribution < -0.4 is 11.5 Å². The number of hydrogen-bond acceptors (Lipinski definition) is 11. The molecule has 4 aliphatic rings. The first-order valence-corrected chi connectivity index (χ1v) is 12.9. The van der Waals surface area contributed by atoms with Crippen LogP contribution in [0.2, 0.25) is 0 Å². The summed E-state index contributed by atoms with van der Waals surface area (Å²) < 4.78 is 5.97. The highest BCUT2D eigenvalue weighted by atomic mass is 16.5. The Kier molecular flexibility index (Phi) is 6.18. The van der Waals surface area contributed by atoms with Crippen LogP contribution in [0.25, 0.3) is 0 Å². The van der Waals surface area contributed by atoms with E-state index in [-0.39, 0.29) is 11.3 Å². The monoisotopic (exact) mass is 541 g/mol. The molecule has 0 aromatic heterocycles. The summed E-state index contributed by atoms with van der Waals surface area (Å²) >= 11 is 0. The fraction of sp³-hybridized carbons (Fsp3) is 0.556. The number of likely N-dealkylation sites (N-methyl/N-ethyl adjacent to an activating group) is 1. The number of aromatic hydroxyl groups is 1. The number of nitrogens with two attached hydrogens (primary N) is 2. The zero-order chi connectivity index (χ0) is 28.7. The van der Waals surface area contributed by atoms with Crippen LogP contribution in [-0.4, -0.2) is 82.0 Å². The maximum atomic E-state index is 14.1. The van der Waals surface area contributed by atoms with Crippen LogP contribution in [-0.2, 0) is 28.7 Å². The van der Waals surface area contributed by atoms with E-state index in [0.29, 0.717) is 18.4 Å². The molecule has 1 amide bonds. The number of amides is 1. The highest BCUT2D eigenvalue weighted by Crippen LogP contribution is 2.56. The summed E-state index contributed by atoms with van der Waals surface area (Å²) in [6.45, 7) is 1.67. The van der Waals surface area contributed by atoms with Crippen molar-refractivity contribution in [2.24, 2.45) is 35.3 Å². The van der Waals surface area contributed by atoms with Crippen molar-refractivity contribution < 1.29 is 43.7 Å². The predicted molar refractivity (Wildman–Crippen MR) is 133 cm³/mol. The number of nitrogen functional groups attached to an aromatic ring is 1. The van der Waals surface area contributed by atoms with Gasteiger partial charge in [0.15, 0.2) is 34.7 Å². The fourth-order valence-electron chi connectivity index (χ4n) is 7.00. The lowest BCUT2D eigenvalue weighted by Crippen LogP contribution is -2.78. The van der Waals surface area contributed by atoms with E-state index in [4.69, 9.17) is 16.2 Å². The first-order chi connectivity index (χ1) is 18.2. The topological polar surface area (TPSA) is 207 Å². The number of phenols is 1. The zero-order valence-corrected chi connectivity index (χ0v) is 21.7. The smallest absolute Gasteiger partial charge is 0.309 e. The van der Waals surface area contributed by atoms with Gasteiger partial charge in [-0.3, -0.25) is 33.7 Å². The van der Waals surface area contributed by atoms with Gasteiger partial charge in [-0.2, -0.15) is 0 Å². The Balaban J connectivity index is 1.76. The highest BCUT2D eigenvalue weighted by Gasteiger charge is 2.74. The fourth-order valence-corrected chi connectivity index (χ4v) is 7.00. The van der Waals surface area contributed by atoms with Crippen molar-refractivity contribution in [1.82, 2.24) is 4.90 Å². The van der Waals surface area contributed by atoms with Gasteiger partial charge in [0.1, 0.15) is 11.9 Å². The first-order valence-electron chi connectivity index (χ1n) is 12.9. The van der Waals surface area contributed by atoms with Gasteiger partial charge in [-0.15, -0.1) is 0 Å². The summed E-state index contributed by atoms with van der Waals surface area (Å²) in [7, 11) is 2.92. The molecule has 1 aromatic rings. The van der Waals surface area contributed by atoms with E-state index in [0.717, 1.165) is 6.42 Å². The van der Waals surface area contributed by atoms with Gasteiger partial charge in [-0.25, -0.2) is 0 Å². The van der Waals surface area contributed by atoms with Crippen LogP contribution in [0.3, 0.4) is 0 Å². The molecule has 0 spiro atoms. The van der Waals surface area contributed by atoms with Crippen LogP contribution >= 0.6 is 0 Å². The Morgan fingerprint density at radius 3 is 2.28 bits per heavy atom. The second kappa shape index (κ2) is 8.95. The highest BCUT2D eigenvalue weighted by molar-refractivity contribution is 6.32. The molecule has 3 fully saturated rings. The number of ketones is 4. The number of benzene rings is 1. The summed E-state index contributed by atoms with van der Waals surface area (Å²) in [6, 6.07) is 1.52. The van der Waals surface area contributed by atoms with Crippen molar-refractivity contribution in [1.29, 1.82) is 0 Å². The van der Waals surface area contributed by atoms with E-state index < -0.39 is 94.0 Å². The number of ether oxygens (including phenoxy) is 1. The lowest BCUT2D eigenvalue weighted by molar-refractivity contribution is -0.208. The van der Waals surface area contributed by atoms with Crippen molar-refractivity contribution in [3.8, 4) is 5.75 Å². The number of anilines is 1. The van der Waals surface area contributed by atoms with Gasteiger partial charge in [0, 0.05) is 5.92 Å². The number of Topliss-reactive ketones (excluding diaryl/α,β-unsaturated/α-hetero) is 4. The Hall–Kier alpha value is -3.64. The molecule has 8 atom stereocenters. The molecule has 0 bridgehead atoms. The Morgan fingerprint density at radius 1 is 1.10 bits per heavy atom. The Morgan fingerprint density at radius 2 is 1.74 bits per heavy atom. The van der Waals surface area contributed by atoms with Crippen molar-refractivity contribution in [3.63, 3.8) is 0 Å². The standard InChI is InChI=1S/C27H31N3O9/c1-9-11-7-8-12(28)19(31)14(11)20(32)15-13(9)22(39-26(37)10-5-4-6-10)17-18(30(2)3)21(33)16(25(29)36)24(35)27(17,38)23(15)34/h7-10,13,15-18,22,31,38H,4-6,28H2,1-3H3,(H2,29,36). The first kappa shape index (κ1) is 26.9. The third-order valence-electron chi connectivity index (χ3n) is 9.18. The number of esters is 1. The SMILES string of the molecule is CC1c2ccc(N)c(O)c2C(=O)C2C(=O)C3(O)C(=O)C(C(N)=O)C(=O)C(N(C)C)C3C(OC(=O)C3CCC3)C21. The summed E-state index contributed by atoms with van der Waals surface area (Å²) in [4.78, 5) is 81.9. The molecule has 6 N–H and O–H groups in total. The maximum Gasteiger partial charge on any atom is 0.309 e. The number of carbonyl (C=O) groups is 6. The summed E-state index contributed by atoms with van der Waals surface area (Å²) in [5, 5.41) is 22.6. The van der Waals surface area contributed by atoms with E-state index >= 15 is 0 Å². The third-order valence-corrected chi connectivity index (χ3v) is 9.18. The number of nitrogens with zero attached hydrogens (tertiary/aromatic N) is 1. The number of aliphatic hydroxyl groups is 1. The van der Waals surface area contributed by atoms with Crippen LogP contribution in [0, 0.1) is 29.6 Å². The van der Waals surface area contributed by atoms with Crippen LogP contribution in [0.15, 0.2) is 12.1 Å². The molecule has 12 nitrogen and oxygen atoms in total. The molecule has 3 saturated carbocycles. The largest absolute Gasteiger partial charge is 0.505 e. The number of carbonyl (C=O) groups excluding carboxylic acids is 6. The summed E-state index contributed by atoms with van der Waals surface area (Å²) in [5.74, 6) is -14.7. The number of phenolic OH excluding ortho intramolecular Hbond substituents is 1. The number of primary amides is 1. The third kappa shape index (κ3) is 3.50. The molecule has 0 radical (unpaired) electrons. The molecule has 39 heavy (non-hydrogen) atoms. The number of hydrogen-bond donors (Lipinski definition) is 4. The van der Waals surface area contributed by atoms with Crippen molar-refractivity contribution >= 4 is 40.7 Å². The molecule has 8 unspecified atom stereocenters. The molecular formula is C27H31N3O9. The van der Waals surface area contributed by atoms with Gasteiger partial charge >= 0.3 is 5.97 Å². The average molecular weight is 542 g/mol. The summed E-state index contributed by atoms with van der Waals surface area (Å²) in [6.07, 6.45) is 0.503. The van der Waals surface area contributed by atoms with Gasteiger partial charge in [0.25, 0.3) is 0 Å². The van der Waals surface area contributed by atoms with Crippen LogP contribution in [0.1, 0.15) is 48.0 Å². The van der Waals surface area contributed by atoms with Gasteiger partial charge in [0.05, 0.1) is 35.0 Å². The predicted octanol–water partition coefficient (Wildman–Crippen LogP) is -0.668. The molecule has 208 valence electrons. The minimum atomic E-state index is -3.04. The average Bonchev–Trinajstić information content (AvgIpc) is 2.81. The Labute approximate surface area is 223 Å². The molecule has 0 aliphatic heterocycles. The second-order valence-corrected chi connectivity index (χ2v) is 11.4. The van der Waals surface area contributed by atoms with Crippen molar-refractivity contribution in [2.45, 2.75) is 49.9 Å². The number of fused-ring (bicyclic) bond motifs is 3. The van der Waals surface area contributed by atoms with Crippen molar-refractivity contribution in [2.75, 3.05) is 19.8 Å². The van der Waals surface area contributed by atoms with Gasteiger partial charge in [0.2, 0.25) is 5.91 Å². The van der Waals surface area contributed by atoms with Crippen molar-refractivity contribution in [3.05, 3.63) is 23.3 Å². The molecule has 4 aliphatic carbocycles. The molecule has 5 rings (SSSR count). The molecule has 0 heterocycles. The zero-order valence-electron chi connectivity index (χ0n) is 21.7. The van der Waals surface area contributed by atoms with E-state index in [1.807, 2.05) is 0 Å². The molecule has 12 heteroatoms. The lowest BCUT2D eigenvalue weighted by atomic mass is 9.49. The van der Waals surface area contributed by atoms with Crippen LogP contribution in [0.5, 0.6) is 5.75 Å². The summed E-state index contributed by atoms with van der Waals surface area (Å²) in [5.41, 5.74) is 8.17. The lowest BCUT2D eigenvalue weighted by Gasteiger charge is -2.56. The van der Waals surface area contributed by atoms with E-state index in [2.05, 4.69) is 0 Å². The van der Waals surface area contributed by atoms with E-state index in [9.17, 15) is 39.0 Å². The Bertz CT molecular complexity index is 1340. The van der Waals surface area contributed by atoms with Gasteiger partial charge in [-0.05, 0) is 44.5 Å². The number of rotatable bonds is 4. The quantitative estimate of drug-likeness (QED) is 0.163. The molecule has 0 saturated heterocycles. The molecular weight excluding hydrogens is 510 g/mol. The van der Waals surface area contributed by atoms with Gasteiger partial charge in [-0.1, -0.05) is 19.4 Å². The maximum absolute atomic E-state index is 14.1. The van der Waals surface area contributed by atoms with Gasteiger partial charge < -0.3 is 26.4 Å². The second-order valence-electron chi connectivity index (χ2n) is 11.4. The minimum Gasteiger partial charge on any atom is -0.505 e. The van der Waals surface area contributed by atoms with E-state index in [1.54, 1.807) is 6.92 Å². The van der Waals surface area contributed by atoms with Crippen LogP contribution in [0.4, 0.5) is 5.69 Å². The molecule has 1 aromatic carbocycles. The van der Waals surface area contributed by atoms with E-state index in [1.165, 1.54) is 31.1 Å². The minimum absolute atomic E-state index is 0.110. The normalized spacial score (nSPS) is 36.1.